The number of rotatable bonds is 13. The summed E-state index contributed by atoms with van der Waals surface area (Å²) in [6, 6.07) is 19.6. The number of fused-ring (bicyclic) bond motifs is 1. The number of aromatic nitrogens is 3. The highest BCUT2D eigenvalue weighted by atomic mass is 16.4. The van der Waals surface area contributed by atoms with Gasteiger partial charge in [0.15, 0.2) is 0 Å². The predicted molar refractivity (Wildman–Crippen MR) is 144 cm³/mol. The van der Waals surface area contributed by atoms with Gasteiger partial charge in [0, 0.05) is 36.3 Å². The number of unbranched alkanes of at least 4 members (excludes halogenated alkanes) is 1. The first kappa shape index (κ1) is 26.1. The van der Waals surface area contributed by atoms with Gasteiger partial charge in [-0.2, -0.15) is 5.10 Å². The molecule has 194 valence electrons. The number of aromatic amines is 1. The Kier molecular flexibility index (Phi) is 8.45. The van der Waals surface area contributed by atoms with Crippen molar-refractivity contribution in [1.29, 1.82) is 0 Å². The maximum absolute atomic E-state index is 13.3. The Labute approximate surface area is 219 Å². The van der Waals surface area contributed by atoms with Gasteiger partial charge in [-0.3, -0.25) is 19.6 Å². The summed E-state index contributed by atoms with van der Waals surface area (Å²) in [6.07, 6.45) is 7.62. The van der Waals surface area contributed by atoms with Gasteiger partial charge in [0.05, 0.1) is 11.7 Å². The third-order valence-electron chi connectivity index (χ3n) is 6.09. The molecule has 4 aromatic rings. The largest absolute Gasteiger partial charge is 0.478 e. The zero-order valence-electron chi connectivity index (χ0n) is 20.6. The lowest BCUT2D eigenvalue weighted by atomic mass is 9.99. The van der Waals surface area contributed by atoms with Crippen LogP contribution in [0, 0.1) is 0 Å². The number of pyridine rings is 1. The smallest absolute Gasteiger partial charge is 0.351 e. The molecular formula is C28H28N6O4. The van der Waals surface area contributed by atoms with Crippen molar-refractivity contribution in [3.63, 3.8) is 0 Å². The van der Waals surface area contributed by atoms with Crippen LogP contribution in [0.1, 0.15) is 35.2 Å². The van der Waals surface area contributed by atoms with Crippen LogP contribution in [0.5, 0.6) is 0 Å². The molecule has 10 nitrogen and oxygen atoms in total. The van der Waals surface area contributed by atoms with Crippen molar-refractivity contribution in [2.45, 2.75) is 24.9 Å². The van der Waals surface area contributed by atoms with Crippen LogP contribution >= 0.6 is 0 Å². The first-order valence-corrected chi connectivity index (χ1v) is 12.1. The molecule has 2 aromatic carbocycles. The first-order chi connectivity index (χ1) is 18.5. The summed E-state index contributed by atoms with van der Waals surface area (Å²) < 4.78 is 0. The molecule has 10 heteroatoms. The summed E-state index contributed by atoms with van der Waals surface area (Å²) >= 11 is 0. The molecule has 0 spiro atoms. The predicted octanol–water partition coefficient (Wildman–Crippen LogP) is 3.88. The van der Waals surface area contributed by atoms with Crippen LogP contribution in [0.15, 0.2) is 85.3 Å². The molecule has 0 aliphatic rings. The molecule has 0 saturated heterocycles. The normalized spacial score (nSPS) is 12.6. The molecule has 38 heavy (non-hydrogen) atoms. The lowest BCUT2D eigenvalue weighted by Gasteiger charge is -2.37. The minimum atomic E-state index is -2.01. The molecule has 0 radical (unpaired) electrons. The van der Waals surface area contributed by atoms with Crippen LogP contribution < -0.4 is 10.6 Å². The van der Waals surface area contributed by atoms with Crippen molar-refractivity contribution in [2.24, 2.45) is 0 Å². The van der Waals surface area contributed by atoms with E-state index in [9.17, 15) is 19.5 Å². The molecule has 0 aliphatic heterocycles. The van der Waals surface area contributed by atoms with E-state index in [4.69, 9.17) is 0 Å². The van der Waals surface area contributed by atoms with E-state index in [1.807, 2.05) is 48.5 Å². The second kappa shape index (κ2) is 12.3. The molecule has 4 rings (SSSR count). The molecule has 0 unspecified atom stereocenters. The summed E-state index contributed by atoms with van der Waals surface area (Å²) in [7, 11) is 0. The van der Waals surface area contributed by atoms with E-state index in [-0.39, 0.29) is 12.0 Å². The van der Waals surface area contributed by atoms with Gasteiger partial charge >= 0.3 is 5.97 Å². The third-order valence-corrected chi connectivity index (χ3v) is 6.09. The molecule has 4 N–H and O–H groups in total. The van der Waals surface area contributed by atoms with Gasteiger partial charge in [0.1, 0.15) is 5.82 Å². The SMILES string of the molecule is O=CN(/C=C/c1ccccc1)[C@](CCCCNc1ccccn1)(NC(=O)c1ccc2[nH]ncc2c1)C(=O)O. The van der Waals surface area contributed by atoms with Crippen molar-refractivity contribution in [3.8, 4) is 0 Å². The van der Waals surface area contributed by atoms with E-state index in [2.05, 4.69) is 25.8 Å². The van der Waals surface area contributed by atoms with Crippen molar-refractivity contribution >= 4 is 41.1 Å². The maximum Gasteiger partial charge on any atom is 0.351 e. The highest BCUT2D eigenvalue weighted by Crippen LogP contribution is 2.23. The summed E-state index contributed by atoms with van der Waals surface area (Å²) in [5.74, 6) is -1.26. The molecule has 0 saturated carbocycles. The lowest BCUT2D eigenvalue weighted by molar-refractivity contribution is -0.155. The van der Waals surface area contributed by atoms with E-state index in [0.29, 0.717) is 37.0 Å². The molecule has 0 bridgehead atoms. The van der Waals surface area contributed by atoms with Crippen LogP contribution in [0.3, 0.4) is 0 Å². The van der Waals surface area contributed by atoms with Crippen molar-refractivity contribution in [1.82, 2.24) is 25.4 Å². The monoisotopic (exact) mass is 512 g/mol. The van der Waals surface area contributed by atoms with Crippen LogP contribution in [0.4, 0.5) is 5.82 Å². The Morgan fingerprint density at radius 3 is 2.61 bits per heavy atom. The van der Waals surface area contributed by atoms with Gasteiger partial charge in [0.25, 0.3) is 5.91 Å². The van der Waals surface area contributed by atoms with Gasteiger partial charge in [0.2, 0.25) is 12.1 Å². The highest BCUT2D eigenvalue weighted by Gasteiger charge is 2.44. The number of amides is 2. The van der Waals surface area contributed by atoms with Crippen molar-refractivity contribution < 1.29 is 19.5 Å². The Morgan fingerprint density at radius 1 is 1.05 bits per heavy atom. The Balaban J connectivity index is 1.57. The molecule has 2 aromatic heterocycles. The Bertz CT molecular complexity index is 1410. The number of anilines is 1. The fourth-order valence-corrected chi connectivity index (χ4v) is 4.04. The van der Waals surface area contributed by atoms with E-state index < -0.39 is 17.5 Å². The van der Waals surface area contributed by atoms with Gasteiger partial charge in [-0.15, -0.1) is 0 Å². The van der Waals surface area contributed by atoms with Crippen LogP contribution in [-0.2, 0) is 9.59 Å². The second-order valence-corrected chi connectivity index (χ2v) is 8.63. The van der Waals surface area contributed by atoms with Gasteiger partial charge < -0.3 is 15.7 Å². The fourth-order valence-electron chi connectivity index (χ4n) is 4.04. The number of hydrogen-bond acceptors (Lipinski definition) is 6. The minimum Gasteiger partial charge on any atom is -0.478 e. The number of carboxylic acids is 1. The summed E-state index contributed by atoms with van der Waals surface area (Å²) in [5.41, 5.74) is -0.249. The quantitative estimate of drug-likeness (QED) is 0.121. The Hall–Kier alpha value is -4.99. The van der Waals surface area contributed by atoms with Crippen molar-refractivity contribution in [3.05, 3.63) is 96.5 Å². The average Bonchev–Trinajstić information content (AvgIpc) is 3.42. The molecule has 2 heterocycles. The lowest BCUT2D eigenvalue weighted by Crippen LogP contribution is -2.63. The van der Waals surface area contributed by atoms with Crippen LogP contribution in [-0.4, -0.2) is 55.7 Å². The van der Waals surface area contributed by atoms with Gasteiger partial charge in [-0.25, -0.2) is 9.78 Å². The standard InChI is InChI=1S/C28H28N6O4/c35-20-34(17-13-21-8-2-1-3-9-21)28(27(37)38,14-5-7-16-30-25-10-4-6-15-29-25)32-26(36)22-11-12-24-23(18-22)19-31-33-24/h1-4,6,8-13,15,17-20H,5,7,14,16H2,(H,29,30)(H,31,33)(H,32,36)(H,37,38)/b17-13+/t28-/m0/s1. The zero-order valence-corrected chi connectivity index (χ0v) is 20.6. The number of aliphatic carboxylic acids is 1. The second-order valence-electron chi connectivity index (χ2n) is 8.63. The average molecular weight is 513 g/mol. The zero-order chi connectivity index (χ0) is 26.8. The number of nitrogens with one attached hydrogen (secondary N) is 3. The van der Waals surface area contributed by atoms with E-state index in [1.165, 1.54) is 6.20 Å². The summed E-state index contributed by atoms with van der Waals surface area (Å²) in [6.45, 7) is 0.540. The van der Waals surface area contributed by atoms with E-state index in [0.717, 1.165) is 16.0 Å². The number of carbonyl (C=O) groups is 3. The summed E-state index contributed by atoms with van der Waals surface area (Å²) in [5, 5.41) is 23.7. The van der Waals surface area contributed by atoms with Crippen molar-refractivity contribution in [2.75, 3.05) is 11.9 Å². The Morgan fingerprint density at radius 2 is 1.87 bits per heavy atom. The third kappa shape index (κ3) is 6.22. The molecular weight excluding hydrogens is 484 g/mol. The maximum atomic E-state index is 13.3. The highest BCUT2D eigenvalue weighted by molar-refractivity contribution is 6.00. The van der Waals surface area contributed by atoms with E-state index >= 15 is 0 Å². The minimum absolute atomic E-state index is 0.0240. The molecule has 1 atom stereocenters. The number of hydrogen-bond donors (Lipinski definition) is 4. The number of carbonyl (C=O) groups excluding carboxylic acids is 2. The fraction of sp³-hybridized carbons (Fsp3) is 0.179. The molecule has 0 aliphatic carbocycles. The number of benzene rings is 2. The van der Waals surface area contributed by atoms with Crippen LogP contribution in [0.25, 0.3) is 17.0 Å². The van der Waals surface area contributed by atoms with Gasteiger partial charge in [-0.1, -0.05) is 36.4 Å². The topological polar surface area (TPSA) is 140 Å². The van der Waals surface area contributed by atoms with Crippen LogP contribution in [0.2, 0.25) is 0 Å². The number of carboxylic acid groups (broad SMARTS) is 1. The number of H-pyrrole nitrogens is 1. The molecule has 0 fully saturated rings. The van der Waals surface area contributed by atoms with Gasteiger partial charge in [-0.05, 0) is 54.8 Å². The number of nitrogens with zero attached hydrogens (tertiary/aromatic N) is 3. The summed E-state index contributed by atoms with van der Waals surface area (Å²) in [4.78, 5) is 43.5. The van der Waals surface area contributed by atoms with E-state index in [1.54, 1.807) is 36.7 Å². The first-order valence-electron chi connectivity index (χ1n) is 12.1. The molecule has 2 amide bonds.